The average Bonchev–Trinajstić information content (AvgIpc) is 2.37. The minimum atomic E-state index is -0.557. The van der Waals surface area contributed by atoms with Crippen molar-refractivity contribution < 1.29 is 9.18 Å². The number of amides is 1. The van der Waals surface area contributed by atoms with Crippen molar-refractivity contribution in [1.82, 2.24) is 4.98 Å². The molecule has 0 fully saturated rings. The number of halogens is 1. The van der Waals surface area contributed by atoms with Gasteiger partial charge in [0.1, 0.15) is 11.6 Å². The van der Waals surface area contributed by atoms with E-state index in [0.717, 1.165) is 0 Å². The Bertz CT molecular complexity index is 586. The van der Waals surface area contributed by atoms with Crippen LogP contribution in [0, 0.1) is 5.82 Å². The number of hydrogen-bond donors (Lipinski definition) is 1. The zero-order valence-corrected chi connectivity index (χ0v) is 9.80. The van der Waals surface area contributed by atoms with Crippen molar-refractivity contribution >= 4 is 17.4 Å². The Morgan fingerprint density at radius 2 is 2.06 bits per heavy atom. The third-order valence-corrected chi connectivity index (χ3v) is 2.52. The summed E-state index contributed by atoms with van der Waals surface area (Å²) in [5.74, 6) is -0.646. The molecule has 0 saturated heterocycles. The molecule has 1 aromatic carbocycles. The van der Waals surface area contributed by atoms with E-state index in [2.05, 4.69) is 4.98 Å². The third-order valence-electron chi connectivity index (χ3n) is 2.52. The number of nitrogens with two attached hydrogens (primary N) is 1. The van der Waals surface area contributed by atoms with Gasteiger partial charge in [0.25, 0.3) is 5.91 Å². The first-order valence-corrected chi connectivity index (χ1v) is 5.33. The van der Waals surface area contributed by atoms with Crippen LogP contribution in [0.2, 0.25) is 0 Å². The first kappa shape index (κ1) is 12.0. The molecule has 1 amide bonds. The molecule has 0 unspecified atom stereocenters. The van der Waals surface area contributed by atoms with Gasteiger partial charge in [-0.1, -0.05) is 12.1 Å². The molecule has 5 heteroatoms. The molecule has 2 aromatic rings. The van der Waals surface area contributed by atoms with E-state index < -0.39 is 11.7 Å². The number of pyridine rings is 1. The molecule has 18 heavy (non-hydrogen) atoms. The Labute approximate surface area is 104 Å². The van der Waals surface area contributed by atoms with Gasteiger partial charge in [-0.3, -0.25) is 9.69 Å². The highest BCUT2D eigenvalue weighted by Crippen LogP contribution is 2.16. The van der Waals surface area contributed by atoms with Crippen LogP contribution in [-0.4, -0.2) is 17.9 Å². The summed E-state index contributed by atoms with van der Waals surface area (Å²) >= 11 is 0. The fourth-order valence-electron chi connectivity index (χ4n) is 1.54. The zero-order chi connectivity index (χ0) is 13.1. The number of rotatable bonds is 2. The summed E-state index contributed by atoms with van der Waals surface area (Å²) in [4.78, 5) is 17.4. The molecule has 1 heterocycles. The second kappa shape index (κ2) is 4.83. The number of nitrogen functional groups attached to an aromatic ring is 1. The molecule has 4 nitrogen and oxygen atoms in total. The second-order valence-electron chi connectivity index (χ2n) is 3.79. The fraction of sp³-hybridized carbons (Fsp3) is 0.0769. The predicted octanol–water partition coefficient (Wildman–Crippen LogP) is 2.08. The van der Waals surface area contributed by atoms with Crippen molar-refractivity contribution in [2.75, 3.05) is 17.7 Å². The van der Waals surface area contributed by atoms with Crippen molar-refractivity contribution in [2.45, 2.75) is 0 Å². The smallest absolute Gasteiger partial charge is 0.262 e. The van der Waals surface area contributed by atoms with Crippen LogP contribution >= 0.6 is 0 Å². The molecular weight excluding hydrogens is 233 g/mol. The predicted molar refractivity (Wildman–Crippen MR) is 67.8 cm³/mol. The van der Waals surface area contributed by atoms with Crippen LogP contribution in [-0.2, 0) is 0 Å². The van der Waals surface area contributed by atoms with Gasteiger partial charge in [-0.25, -0.2) is 9.37 Å². The highest BCUT2D eigenvalue weighted by Gasteiger charge is 2.17. The van der Waals surface area contributed by atoms with Gasteiger partial charge in [-0.2, -0.15) is 0 Å². The molecule has 0 aliphatic rings. The van der Waals surface area contributed by atoms with E-state index in [-0.39, 0.29) is 5.56 Å². The maximum atomic E-state index is 13.5. The number of benzene rings is 1. The lowest BCUT2D eigenvalue weighted by Crippen LogP contribution is -2.27. The maximum Gasteiger partial charge on any atom is 0.262 e. The summed E-state index contributed by atoms with van der Waals surface area (Å²) in [5.41, 5.74) is 6.11. The quantitative estimate of drug-likeness (QED) is 0.881. The van der Waals surface area contributed by atoms with Crippen LogP contribution < -0.4 is 10.6 Å². The van der Waals surface area contributed by atoms with E-state index in [1.54, 1.807) is 18.2 Å². The first-order chi connectivity index (χ1) is 8.59. The van der Waals surface area contributed by atoms with E-state index in [0.29, 0.717) is 11.5 Å². The Hall–Kier alpha value is -2.43. The van der Waals surface area contributed by atoms with Crippen LogP contribution in [0.4, 0.5) is 15.9 Å². The number of carbonyl (C=O) groups is 1. The van der Waals surface area contributed by atoms with Gasteiger partial charge in [0.2, 0.25) is 0 Å². The van der Waals surface area contributed by atoms with E-state index >= 15 is 0 Å². The monoisotopic (exact) mass is 245 g/mol. The van der Waals surface area contributed by atoms with Crippen molar-refractivity contribution in [3.8, 4) is 0 Å². The highest BCUT2D eigenvalue weighted by atomic mass is 19.1. The van der Waals surface area contributed by atoms with Gasteiger partial charge >= 0.3 is 0 Å². The number of anilines is 2. The number of carbonyl (C=O) groups excluding carboxylic acids is 1. The molecule has 2 rings (SSSR count). The third kappa shape index (κ3) is 2.29. The molecule has 0 bridgehead atoms. The molecule has 0 spiro atoms. The van der Waals surface area contributed by atoms with E-state index in [1.807, 2.05) is 0 Å². The Morgan fingerprint density at radius 3 is 2.72 bits per heavy atom. The van der Waals surface area contributed by atoms with Crippen molar-refractivity contribution in [3.05, 3.63) is 54.0 Å². The fourth-order valence-corrected chi connectivity index (χ4v) is 1.54. The van der Waals surface area contributed by atoms with Crippen LogP contribution in [0.5, 0.6) is 0 Å². The van der Waals surface area contributed by atoms with Gasteiger partial charge in [0, 0.05) is 25.0 Å². The molecule has 2 N–H and O–H groups in total. The number of aromatic nitrogens is 1. The summed E-state index contributed by atoms with van der Waals surface area (Å²) in [6.45, 7) is 0. The van der Waals surface area contributed by atoms with Crippen molar-refractivity contribution in [3.63, 3.8) is 0 Å². The topological polar surface area (TPSA) is 59.2 Å². The molecule has 0 saturated carbocycles. The summed E-state index contributed by atoms with van der Waals surface area (Å²) < 4.78 is 13.5. The Kier molecular flexibility index (Phi) is 3.23. The first-order valence-electron chi connectivity index (χ1n) is 5.33. The molecule has 0 radical (unpaired) electrons. The van der Waals surface area contributed by atoms with Gasteiger partial charge in [-0.05, 0) is 18.2 Å². The zero-order valence-electron chi connectivity index (χ0n) is 9.80. The number of hydrogen-bond acceptors (Lipinski definition) is 3. The standard InChI is InChI=1S/C13H12FN3O/c1-17(12-8-9(15)6-7-16-12)13(18)10-4-2-3-5-11(10)14/h2-8H,1H3,(H2,15,16). The van der Waals surface area contributed by atoms with E-state index in [1.165, 1.54) is 36.3 Å². The lowest BCUT2D eigenvalue weighted by atomic mass is 10.2. The van der Waals surface area contributed by atoms with Gasteiger partial charge in [0.05, 0.1) is 5.56 Å². The Balaban J connectivity index is 2.32. The van der Waals surface area contributed by atoms with Crippen LogP contribution in [0.3, 0.4) is 0 Å². The van der Waals surface area contributed by atoms with E-state index in [9.17, 15) is 9.18 Å². The number of nitrogens with zero attached hydrogens (tertiary/aromatic N) is 2. The lowest BCUT2D eigenvalue weighted by molar-refractivity contribution is 0.0988. The van der Waals surface area contributed by atoms with E-state index in [4.69, 9.17) is 5.73 Å². The Morgan fingerprint density at radius 1 is 1.33 bits per heavy atom. The SMILES string of the molecule is CN(C(=O)c1ccccc1F)c1cc(N)ccn1. The summed E-state index contributed by atoms with van der Waals surface area (Å²) in [6, 6.07) is 8.99. The van der Waals surface area contributed by atoms with Gasteiger partial charge in [-0.15, -0.1) is 0 Å². The normalized spacial score (nSPS) is 10.1. The summed E-state index contributed by atoms with van der Waals surface area (Å²) in [7, 11) is 1.52. The summed E-state index contributed by atoms with van der Waals surface area (Å²) in [6.07, 6.45) is 1.50. The van der Waals surface area contributed by atoms with Crippen LogP contribution in [0.15, 0.2) is 42.6 Å². The minimum absolute atomic E-state index is 0.00391. The van der Waals surface area contributed by atoms with Gasteiger partial charge < -0.3 is 5.73 Å². The lowest BCUT2D eigenvalue weighted by Gasteiger charge is -2.16. The average molecular weight is 245 g/mol. The molecule has 0 aliphatic carbocycles. The molecule has 0 aliphatic heterocycles. The maximum absolute atomic E-state index is 13.5. The molecule has 0 atom stereocenters. The minimum Gasteiger partial charge on any atom is -0.399 e. The molecule has 1 aromatic heterocycles. The second-order valence-corrected chi connectivity index (χ2v) is 3.79. The molecule has 92 valence electrons. The largest absolute Gasteiger partial charge is 0.399 e. The van der Waals surface area contributed by atoms with Crippen molar-refractivity contribution in [2.24, 2.45) is 0 Å². The highest BCUT2D eigenvalue weighted by molar-refractivity contribution is 6.05. The summed E-state index contributed by atoms with van der Waals surface area (Å²) in [5, 5.41) is 0. The van der Waals surface area contributed by atoms with Crippen LogP contribution in [0.25, 0.3) is 0 Å². The van der Waals surface area contributed by atoms with Crippen LogP contribution in [0.1, 0.15) is 10.4 Å². The van der Waals surface area contributed by atoms with Crippen molar-refractivity contribution in [1.29, 1.82) is 0 Å². The van der Waals surface area contributed by atoms with Gasteiger partial charge in [0.15, 0.2) is 0 Å². The molecular formula is C13H12FN3O.